The maximum absolute atomic E-state index is 12.3. The van der Waals surface area contributed by atoms with Gasteiger partial charge >= 0.3 is 5.97 Å². The number of aryl methyl sites for hydroxylation is 3. The lowest BCUT2D eigenvalue weighted by molar-refractivity contribution is -0.137. The van der Waals surface area contributed by atoms with Gasteiger partial charge < -0.3 is 10.4 Å². The van der Waals surface area contributed by atoms with Crippen LogP contribution in [-0.2, 0) is 24.1 Å². The first-order valence-corrected chi connectivity index (χ1v) is 11.0. The molecule has 152 valence electrons. The molecule has 0 aliphatic heterocycles. The minimum Gasteiger partial charge on any atom is -0.481 e. The van der Waals surface area contributed by atoms with Crippen molar-refractivity contribution in [3.8, 4) is 0 Å². The van der Waals surface area contributed by atoms with E-state index in [9.17, 15) is 9.59 Å². The van der Waals surface area contributed by atoms with Gasteiger partial charge in [0.25, 0.3) is 5.91 Å². The van der Waals surface area contributed by atoms with Crippen molar-refractivity contribution in [2.75, 3.05) is 0 Å². The standard InChI is InChI=1S/C23H31NO3S/c1-3-5-6-7-17-8-10-18(11-9-17)12-13-20-14-15-21(28-20)23(27)24-19(4-2)16-22(25)26/h8-11,14-15,19H,3-7,12-13,16H2,1-2H3,(H,24,27)(H,25,26)/t19-/m0/s1. The van der Waals surface area contributed by atoms with E-state index in [1.165, 1.54) is 46.6 Å². The number of aliphatic carboxylic acids is 1. The molecule has 2 N–H and O–H groups in total. The summed E-state index contributed by atoms with van der Waals surface area (Å²) in [6.45, 7) is 4.10. The highest BCUT2D eigenvalue weighted by Gasteiger charge is 2.16. The molecule has 0 spiro atoms. The van der Waals surface area contributed by atoms with E-state index in [1.807, 2.05) is 19.1 Å². The number of hydrogen-bond donors (Lipinski definition) is 2. The van der Waals surface area contributed by atoms with E-state index in [1.54, 1.807) is 0 Å². The zero-order valence-electron chi connectivity index (χ0n) is 16.9. The highest BCUT2D eigenvalue weighted by molar-refractivity contribution is 7.14. The average molecular weight is 402 g/mol. The molecule has 28 heavy (non-hydrogen) atoms. The van der Waals surface area contributed by atoms with E-state index in [0.29, 0.717) is 11.3 Å². The Morgan fingerprint density at radius 3 is 2.25 bits per heavy atom. The summed E-state index contributed by atoms with van der Waals surface area (Å²) in [6, 6.07) is 12.4. The van der Waals surface area contributed by atoms with E-state index in [0.717, 1.165) is 19.3 Å². The van der Waals surface area contributed by atoms with Gasteiger partial charge in [-0.2, -0.15) is 0 Å². The van der Waals surface area contributed by atoms with Crippen molar-refractivity contribution in [1.82, 2.24) is 5.32 Å². The summed E-state index contributed by atoms with van der Waals surface area (Å²) in [5, 5.41) is 11.7. The van der Waals surface area contributed by atoms with Crippen molar-refractivity contribution in [2.45, 2.75) is 71.3 Å². The van der Waals surface area contributed by atoms with Gasteiger partial charge in [0.15, 0.2) is 0 Å². The number of thiophene rings is 1. The molecule has 0 saturated heterocycles. The second-order valence-corrected chi connectivity index (χ2v) is 8.38. The Bertz CT molecular complexity index is 751. The Morgan fingerprint density at radius 1 is 0.964 bits per heavy atom. The molecule has 1 aromatic heterocycles. The van der Waals surface area contributed by atoms with Gasteiger partial charge in [-0.1, -0.05) is 51.0 Å². The number of unbranched alkanes of at least 4 members (excludes halogenated alkanes) is 2. The maximum atomic E-state index is 12.3. The van der Waals surface area contributed by atoms with Crippen molar-refractivity contribution in [2.24, 2.45) is 0 Å². The van der Waals surface area contributed by atoms with Crippen molar-refractivity contribution >= 4 is 23.2 Å². The molecular formula is C23H31NO3S. The number of rotatable bonds is 12. The van der Waals surface area contributed by atoms with Gasteiger partial charge in [0.1, 0.15) is 0 Å². The summed E-state index contributed by atoms with van der Waals surface area (Å²) in [4.78, 5) is 25.0. The fraction of sp³-hybridized carbons (Fsp3) is 0.478. The molecule has 2 aromatic rings. The van der Waals surface area contributed by atoms with Crippen molar-refractivity contribution in [1.29, 1.82) is 0 Å². The summed E-state index contributed by atoms with van der Waals surface area (Å²) in [5.74, 6) is -1.07. The zero-order valence-corrected chi connectivity index (χ0v) is 17.7. The summed E-state index contributed by atoms with van der Waals surface area (Å²) in [5.41, 5.74) is 2.71. The quantitative estimate of drug-likeness (QED) is 0.477. The van der Waals surface area contributed by atoms with Gasteiger partial charge in [-0.25, -0.2) is 0 Å². The van der Waals surface area contributed by atoms with Crippen LogP contribution in [-0.4, -0.2) is 23.0 Å². The predicted octanol–water partition coefficient (Wildman–Crippen LogP) is 5.25. The van der Waals surface area contributed by atoms with Crippen LogP contribution in [0.4, 0.5) is 0 Å². The second-order valence-electron chi connectivity index (χ2n) is 7.22. The van der Waals surface area contributed by atoms with Crippen LogP contribution in [0.25, 0.3) is 0 Å². The van der Waals surface area contributed by atoms with Crippen molar-refractivity contribution < 1.29 is 14.7 Å². The van der Waals surface area contributed by atoms with Crippen LogP contribution in [0, 0.1) is 0 Å². The third-order valence-electron chi connectivity index (χ3n) is 4.89. The molecule has 2 rings (SSSR count). The summed E-state index contributed by atoms with van der Waals surface area (Å²) >= 11 is 1.49. The molecule has 0 saturated carbocycles. The monoisotopic (exact) mass is 401 g/mol. The van der Waals surface area contributed by atoms with E-state index in [4.69, 9.17) is 5.11 Å². The van der Waals surface area contributed by atoms with Gasteiger partial charge in [-0.05, 0) is 55.4 Å². The summed E-state index contributed by atoms with van der Waals surface area (Å²) in [6.07, 6.45) is 7.34. The van der Waals surface area contributed by atoms with Crippen LogP contribution < -0.4 is 5.32 Å². The topological polar surface area (TPSA) is 66.4 Å². The highest BCUT2D eigenvalue weighted by Crippen LogP contribution is 2.19. The third-order valence-corrected chi connectivity index (χ3v) is 6.03. The number of carbonyl (C=O) groups is 2. The SMILES string of the molecule is CCCCCc1ccc(CCc2ccc(C(=O)N[C@@H](CC)CC(=O)O)s2)cc1. The predicted molar refractivity (Wildman–Crippen MR) is 115 cm³/mol. The Morgan fingerprint density at radius 2 is 1.64 bits per heavy atom. The van der Waals surface area contributed by atoms with Crippen LogP contribution >= 0.6 is 11.3 Å². The Balaban J connectivity index is 1.83. The van der Waals surface area contributed by atoms with Crippen LogP contribution in [0.5, 0.6) is 0 Å². The molecule has 1 atom stereocenters. The smallest absolute Gasteiger partial charge is 0.305 e. The van der Waals surface area contributed by atoms with Gasteiger partial charge in [0.2, 0.25) is 0 Å². The molecule has 4 nitrogen and oxygen atoms in total. The molecule has 0 bridgehead atoms. The van der Waals surface area contributed by atoms with Gasteiger partial charge in [-0.15, -0.1) is 11.3 Å². The summed E-state index contributed by atoms with van der Waals surface area (Å²) in [7, 11) is 0. The van der Waals surface area contributed by atoms with Gasteiger partial charge in [0.05, 0.1) is 11.3 Å². The minimum absolute atomic E-state index is 0.0467. The lowest BCUT2D eigenvalue weighted by atomic mass is 10.0. The van der Waals surface area contributed by atoms with Gasteiger partial charge in [0, 0.05) is 10.9 Å². The molecule has 0 fully saturated rings. The molecular weight excluding hydrogens is 370 g/mol. The lowest BCUT2D eigenvalue weighted by Gasteiger charge is -2.13. The number of hydrogen-bond acceptors (Lipinski definition) is 3. The molecule has 0 aliphatic carbocycles. The number of carbonyl (C=O) groups excluding carboxylic acids is 1. The fourth-order valence-corrected chi connectivity index (χ4v) is 4.03. The minimum atomic E-state index is -0.893. The number of carboxylic acids is 1. The fourth-order valence-electron chi connectivity index (χ4n) is 3.12. The van der Waals surface area contributed by atoms with Crippen molar-refractivity contribution in [3.63, 3.8) is 0 Å². The van der Waals surface area contributed by atoms with Crippen LogP contribution in [0.15, 0.2) is 36.4 Å². The molecule has 0 unspecified atom stereocenters. The molecule has 5 heteroatoms. The largest absolute Gasteiger partial charge is 0.481 e. The normalized spacial score (nSPS) is 11.9. The van der Waals surface area contributed by atoms with E-state index < -0.39 is 5.97 Å². The first-order chi connectivity index (χ1) is 13.5. The lowest BCUT2D eigenvalue weighted by Crippen LogP contribution is -2.35. The maximum Gasteiger partial charge on any atom is 0.305 e. The second kappa shape index (κ2) is 11.6. The Hall–Kier alpha value is -2.14. The highest BCUT2D eigenvalue weighted by atomic mass is 32.1. The van der Waals surface area contributed by atoms with Crippen LogP contribution in [0.2, 0.25) is 0 Å². The number of amides is 1. The number of carboxylic acid groups (broad SMARTS) is 1. The Kier molecular flexibility index (Phi) is 9.21. The van der Waals surface area contributed by atoms with Crippen LogP contribution in [0.3, 0.4) is 0 Å². The van der Waals surface area contributed by atoms with E-state index in [2.05, 4.69) is 36.5 Å². The number of nitrogens with one attached hydrogen (secondary N) is 1. The zero-order chi connectivity index (χ0) is 20.4. The van der Waals surface area contributed by atoms with Crippen molar-refractivity contribution in [3.05, 3.63) is 57.3 Å². The first kappa shape index (κ1) is 22.2. The molecule has 0 radical (unpaired) electrons. The average Bonchev–Trinajstić information content (AvgIpc) is 3.16. The number of benzene rings is 1. The van der Waals surface area contributed by atoms with E-state index >= 15 is 0 Å². The first-order valence-electron chi connectivity index (χ1n) is 10.2. The van der Waals surface area contributed by atoms with E-state index in [-0.39, 0.29) is 18.4 Å². The Labute approximate surface area is 172 Å². The molecule has 0 aliphatic rings. The van der Waals surface area contributed by atoms with Gasteiger partial charge in [-0.3, -0.25) is 9.59 Å². The molecule has 1 heterocycles. The van der Waals surface area contributed by atoms with Crippen LogP contribution in [0.1, 0.15) is 71.6 Å². The summed E-state index contributed by atoms with van der Waals surface area (Å²) < 4.78 is 0. The molecule has 1 aromatic carbocycles. The third kappa shape index (κ3) is 7.47. The molecule has 1 amide bonds.